The summed E-state index contributed by atoms with van der Waals surface area (Å²) in [7, 11) is 2.04. The molecule has 1 fully saturated rings. The Hall–Kier alpha value is -2.71. The number of aromatic amines is 1. The van der Waals surface area contributed by atoms with E-state index in [9.17, 15) is 9.59 Å². The highest BCUT2D eigenvalue weighted by atomic mass is 16.2. The van der Waals surface area contributed by atoms with Gasteiger partial charge < -0.3 is 10.6 Å². The van der Waals surface area contributed by atoms with Crippen molar-refractivity contribution in [2.75, 3.05) is 38.2 Å². The third-order valence-electron chi connectivity index (χ3n) is 5.15. The van der Waals surface area contributed by atoms with Crippen molar-refractivity contribution in [2.45, 2.75) is 13.3 Å². The lowest BCUT2D eigenvalue weighted by molar-refractivity contribution is 0.104. The molecule has 2 heterocycles. The lowest BCUT2D eigenvalue weighted by atomic mass is 10.1. The molecule has 1 aliphatic carbocycles. The molecule has 0 spiro atoms. The monoisotopic (exact) mass is 354 g/mol. The predicted molar refractivity (Wildman–Crippen MR) is 98.0 cm³/mol. The van der Waals surface area contributed by atoms with Gasteiger partial charge in [0.15, 0.2) is 5.78 Å². The van der Waals surface area contributed by atoms with Gasteiger partial charge >= 0.3 is 6.03 Å². The first-order valence-electron chi connectivity index (χ1n) is 8.81. The summed E-state index contributed by atoms with van der Waals surface area (Å²) in [5.41, 5.74) is 9.58. The number of anilines is 1. The van der Waals surface area contributed by atoms with Crippen LogP contribution in [0.3, 0.4) is 0 Å². The van der Waals surface area contributed by atoms with Gasteiger partial charge in [0.1, 0.15) is 5.69 Å². The van der Waals surface area contributed by atoms with Gasteiger partial charge in [0, 0.05) is 37.4 Å². The number of rotatable bonds is 3. The molecule has 1 saturated heterocycles. The molecule has 0 bridgehead atoms. The molecule has 0 unspecified atom stereocenters. The summed E-state index contributed by atoms with van der Waals surface area (Å²) < 4.78 is 0. The summed E-state index contributed by atoms with van der Waals surface area (Å²) >= 11 is 0. The fourth-order valence-corrected chi connectivity index (χ4v) is 3.76. The van der Waals surface area contributed by atoms with Crippen LogP contribution in [-0.2, 0) is 6.42 Å². The molecule has 2 aromatic rings. The number of carbonyl (C=O) groups is 2. The first-order valence-corrected chi connectivity index (χ1v) is 8.81. The van der Waals surface area contributed by atoms with Crippen molar-refractivity contribution in [1.82, 2.24) is 20.1 Å². The van der Waals surface area contributed by atoms with Gasteiger partial charge in [-0.15, -0.1) is 0 Å². The van der Waals surface area contributed by atoms with Gasteiger partial charge in [0.05, 0.1) is 16.8 Å². The SMILES string of the molecule is CCc1[nH]nc2c1C(=O)c1c-2cccc1N(C(N)=O)N1CCN(C)CC1. The van der Waals surface area contributed by atoms with Gasteiger partial charge in [-0.25, -0.2) is 14.8 Å². The molecule has 8 nitrogen and oxygen atoms in total. The van der Waals surface area contributed by atoms with E-state index < -0.39 is 6.03 Å². The Bertz CT molecular complexity index is 882. The van der Waals surface area contributed by atoms with Gasteiger partial charge in [-0.05, 0) is 19.5 Å². The first-order chi connectivity index (χ1) is 12.5. The fraction of sp³-hybridized carbons (Fsp3) is 0.389. The zero-order chi connectivity index (χ0) is 18.4. The van der Waals surface area contributed by atoms with Crippen molar-refractivity contribution in [1.29, 1.82) is 0 Å². The molecule has 2 amide bonds. The molecule has 136 valence electrons. The van der Waals surface area contributed by atoms with Gasteiger partial charge in [-0.2, -0.15) is 5.10 Å². The Morgan fingerprint density at radius 1 is 1.27 bits per heavy atom. The quantitative estimate of drug-likeness (QED) is 0.737. The molecule has 26 heavy (non-hydrogen) atoms. The lowest BCUT2D eigenvalue weighted by Crippen LogP contribution is -2.56. The minimum Gasteiger partial charge on any atom is -0.350 e. The Morgan fingerprint density at radius 2 is 2.00 bits per heavy atom. The maximum Gasteiger partial charge on any atom is 0.334 e. The number of nitrogens with two attached hydrogens (primary N) is 1. The van der Waals surface area contributed by atoms with E-state index in [1.165, 1.54) is 5.01 Å². The number of hydrogen-bond donors (Lipinski definition) is 2. The Labute approximate surface area is 151 Å². The van der Waals surface area contributed by atoms with Crippen molar-refractivity contribution in [2.24, 2.45) is 5.73 Å². The molecule has 0 saturated carbocycles. The fourth-order valence-electron chi connectivity index (χ4n) is 3.76. The standard InChI is InChI=1S/C18H22N6O2/c1-3-12-15-16(21-20-12)11-5-4-6-13(14(11)17(15)25)24(18(19)26)23-9-7-22(2)8-10-23/h4-6H,3,7-10H2,1-2H3,(H2,19,26)(H,20,21). The largest absolute Gasteiger partial charge is 0.350 e. The smallest absolute Gasteiger partial charge is 0.334 e. The number of hydrogen-bond acceptors (Lipinski definition) is 5. The highest BCUT2D eigenvalue weighted by Crippen LogP contribution is 2.42. The third kappa shape index (κ3) is 2.41. The zero-order valence-corrected chi connectivity index (χ0v) is 15.0. The molecule has 4 rings (SSSR count). The van der Waals surface area contributed by atoms with Crippen LogP contribution >= 0.6 is 0 Å². The summed E-state index contributed by atoms with van der Waals surface area (Å²) in [4.78, 5) is 27.6. The van der Waals surface area contributed by atoms with Crippen LogP contribution in [-0.4, -0.2) is 65.1 Å². The van der Waals surface area contributed by atoms with E-state index in [1.807, 2.05) is 31.1 Å². The van der Waals surface area contributed by atoms with Crippen molar-refractivity contribution in [3.8, 4) is 11.3 Å². The van der Waals surface area contributed by atoms with Crippen molar-refractivity contribution in [3.05, 3.63) is 35.0 Å². The van der Waals surface area contributed by atoms with E-state index >= 15 is 0 Å². The summed E-state index contributed by atoms with van der Waals surface area (Å²) in [6.07, 6.45) is 0.690. The molecule has 1 aromatic heterocycles. The van der Waals surface area contributed by atoms with Crippen LogP contribution in [0, 0.1) is 0 Å². The molecular weight excluding hydrogens is 332 g/mol. The van der Waals surface area contributed by atoms with E-state index in [0.717, 1.165) is 24.3 Å². The topological polar surface area (TPSA) is 98.6 Å². The molecular formula is C18H22N6O2. The number of aryl methyl sites for hydroxylation is 1. The molecule has 2 aliphatic rings. The predicted octanol–water partition coefficient (Wildman–Crippen LogP) is 1.23. The highest BCUT2D eigenvalue weighted by molar-refractivity contribution is 6.25. The van der Waals surface area contributed by atoms with E-state index in [0.29, 0.717) is 42.0 Å². The molecule has 0 radical (unpaired) electrons. The lowest BCUT2D eigenvalue weighted by Gasteiger charge is -2.39. The minimum absolute atomic E-state index is 0.100. The second-order valence-electron chi connectivity index (χ2n) is 6.72. The Morgan fingerprint density at radius 3 is 2.65 bits per heavy atom. The van der Waals surface area contributed by atoms with Crippen LogP contribution in [0.2, 0.25) is 0 Å². The second kappa shape index (κ2) is 6.22. The van der Waals surface area contributed by atoms with Crippen LogP contribution < -0.4 is 10.7 Å². The summed E-state index contributed by atoms with van der Waals surface area (Å²) in [5, 5.41) is 10.6. The van der Waals surface area contributed by atoms with Gasteiger partial charge in [0.2, 0.25) is 0 Å². The maximum atomic E-state index is 13.1. The number of primary amides is 1. The normalized spacial score (nSPS) is 17.2. The number of hydrazine groups is 1. The van der Waals surface area contributed by atoms with Crippen molar-refractivity contribution < 1.29 is 9.59 Å². The number of urea groups is 1. The van der Waals surface area contributed by atoms with E-state index in [2.05, 4.69) is 15.1 Å². The number of benzene rings is 1. The number of fused-ring (bicyclic) bond motifs is 3. The van der Waals surface area contributed by atoms with Crippen LogP contribution in [0.5, 0.6) is 0 Å². The first kappa shape index (κ1) is 16.7. The van der Waals surface area contributed by atoms with Gasteiger partial charge in [-0.3, -0.25) is 9.89 Å². The molecule has 0 atom stereocenters. The van der Waals surface area contributed by atoms with Crippen molar-refractivity contribution >= 4 is 17.5 Å². The molecule has 1 aliphatic heterocycles. The van der Waals surface area contributed by atoms with Gasteiger partial charge in [-0.1, -0.05) is 19.1 Å². The number of likely N-dealkylation sites (N-methyl/N-ethyl adjacent to an activating group) is 1. The average molecular weight is 354 g/mol. The minimum atomic E-state index is -0.586. The number of nitrogens with one attached hydrogen (secondary N) is 1. The summed E-state index contributed by atoms with van der Waals surface area (Å²) in [5.74, 6) is -0.100. The van der Waals surface area contributed by atoms with Gasteiger partial charge in [0.25, 0.3) is 0 Å². The number of aromatic nitrogens is 2. The number of piperazine rings is 1. The summed E-state index contributed by atoms with van der Waals surface area (Å²) in [6, 6.07) is 4.90. The number of H-pyrrole nitrogens is 1. The van der Waals surface area contributed by atoms with Crippen molar-refractivity contribution in [3.63, 3.8) is 0 Å². The number of carbonyl (C=O) groups excluding carboxylic acids is 2. The number of amides is 2. The maximum absolute atomic E-state index is 13.1. The molecule has 1 aromatic carbocycles. The summed E-state index contributed by atoms with van der Waals surface area (Å²) in [6.45, 7) is 4.97. The highest BCUT2D eigenvalue weighted by Gasteiger charge is 2.37. The van der Waals surface area contributed by atoms with Crippen LogP contribution in [0.1, 0.15) is 28.5 Å². The average Bonchev–Trinajstić information content (AvgIpc) is 3.17. The van der Waals surface area contributed by atoms with Crippen LogP contribution in [0.15, 0.2) is 18.2 Å². The molecule has 8 heteroatoms. The van der Waals surface area contributed by atoms with E-state index in [-0.39, 0.29) is 5.78 Å². The zero-order valence-electron chi connectivity index (χ0n) is 15.0. The van der Waals surface area contributed by atoms with Crippen LogP contribution in [0.4, 0.5) is 10.5 Å². The van der Waals surface area contributed by atoms with Crippen LogP contribution in [0.25, 0.3) is 11.3 Å². The second-order valence-corrected chi connectivity index (χ2v) is 6.72. The third-order valence-corrected chi connectivity index (χ3v) is 5.15. The number of ketones is 1. The molecule has 3 N–H and O–H groups in total. The van der Waals surface area contributed by atoms with E-state index in [4.69, 9.17) is 5.73 Å². The Kier molecular flexibility index (Phi) is 4.01. The van der Waals surface area contributed by atoms with E-state index in [1.54, 1.807) is 6.07 Å². The number of nitrogens with zero attached hydrogens (tertiary/aromatic N) is 4. The Balaban J connectivity index is 1.80.